The fourth-order valence-electron chi connectivity index (χ4n) is 3.70. The molecule has 2 heterocycles. The van der Waals surface area contributed by atoms with E-state index in [-0.39, 0.29) is 12.0 Å². The molecule has 2 aliphatic rings. The maximum Gasteiger partial charge on any atom is 0.190 e. The smallest absolute Gasteiger partial charge is 0.190 e. The van der Waals surface area contributed by atoms with E-state index < -0.39 is 5.72 Å². The van der Waals surface area contributed by atoms with Gasteiger partial charge in [0, 0.05) is 22.1 Å². The molecule has 0 radical (unpaired) electrons. The zero-order valence-corrected chi connectivity index (χ0v) is 15.6. The number of benzene rings is 2. The maximum atomic E-state index is 6.51. The van der Waals surface area contributed by atoms with E-state index >= 15 is 0 Å². The molecule has 0 amide bonds. The molecule has 2 aromatic carbocycles. The van der Waals surface area contributed by atoms with Crippen molar-refractivity contribution in [1.82, 2.24) is 5.32 Å². The third kappa shape index (κ3) is 2.22. The fourth-order valence-corrected chi connectivity index (χ4v) is 4.57. The zero-order chi connectivity index (χ0) is 16.9. The Morgan fingerprint density at radius 1 is 1.21 bits per heavy atom. The van der Waals surface area contributed by atoms with Gasteiger partial charge in [0.25, 0.3) is 0 Å². The van der Waals surface area contributed by atoms with Crippen molar-refractivity contribution in [2.24, 2.45) is 5.92 Å². The Balaban J connectivity index is 1.84. The molecule has 0 saturated carbocycles. The quantitative estimate of drug-likeness (QED) is 0.627. The third-order valence-electron chi connectivity index (χ3n) is 5.15. The number of fused-ring (bicyclic) bond motifs is 4. The number of hydrogen-bond donors (Lipinski definition) is 1. The number of para-hydroxylation sites is 1. The number of nitrogens with one attached hydrogen (secondary N) is 1. The molecule has 2 bridgehead atoms. The lowest BCUT2D eigenvalue weighted by Gasteiger charge is -2.56. The van der Waals surface area contributed by atoms with E-state index in [2.05, 4.69) is 66.7 Å². The van der Waals surface area contributed by atoms with Crippen molar-refractivity contribution < 1.29 is 4.74 Å². The number of thioether (sulfide) groups is 1. The van der Waals surface area contributed by atoms with Crippen molar-refractivity contribution in [1.29, 1.82) is 0 Å². The Labute approximate surface area is 152 Å². The summed E-state index contributed by atoms with van der Waals surface area (Å²) < 4.78 is 6.51. The minimum Gasteiger partial charge on any atom is -0.467 e. The number of anilines is 1. The van der Waals surface area contributed by atoms with Crippen LogP contribution in [0.2, 0.25) is 0 Å². The van der Waals surface area contributed by atoms with E-state index in [1.54, 1.807) is 11.8 Å². The highest BCUT2D eigenvalue weighted by Gasteiger charge is 2.53. The molecular formula is C19H20N2OS2. The molecule has 124 valence electrons. The summed E-state index contributed by atoms with van der Waals surface area (Å²) in [7, 11) is 0. The van der Waals surface area contributed by atoms with Gasteiger partial charge in [-0.1, -0.05) is 31.2 Å². The monoisotopic (exact) mass is 356 g/mol. The topological polar surface area (TPSA) is 24.5 Å². The minimum atomic E-state index is -0.515. The lowest BCUT2D eigenvalue weighted by atomic mass is 9.81. The molecule has 0 unspecified atom stereocenters. The molecule has 1 saturated heterocycles. The molecule has 2 aliphatic heterocycles. The summed E-state index contributed by atoms with van der Waals surface area (Å²) in [5.74, 6) is 1.18. The lowest BCUT2D eigenvalue weighted by molar-refractivity contribution is -0.00318. The Hall–Kier alpha value is -1.72. The average Bonchev–Trinajstić information content (AvgIpc) is 2.58. The van der Waals surface area contributed by atoms with Crippen molar-refractivity contribution in [3.05, 3.63) is 54.1 Å². The zero-order valence-electron chi connectivity index (χ0n) is 13.9. The molecule has 0 spiro atoms. The highest BCUT2D eigenvalue weighted by molar-refractivity contribution is 7.98. The molecule has 2 aromatic rings. The van der Waals surface area contributed by atoms with Crippen LogP contribution in [0, 0.1) is 5.92 Å². The largest absolute Gasteiger partial charge is 0.467 e. The summed E-state index contributed by atoms with van der Waals surface area (Å²) in [5, 5.41) is 4.25. The second-order valence-electron chi connectivity index (χ2n) is 6.45. The van der Waals surface area contributed by atoms with Gasteiger partial charge in [-0.15, -0.1) is 11.8 Å². The Morgan fingerprint density at radius 3 is 2.79 bits per heavy atom. The number of hydrogen-bond acceptors (Lipinski definition) is 3. The van der Waals surface area contributed by atoms with Crippen LogP contribution < -0.4 is 15.0 Å². The number of thiocarbonyl (C=S) groups is 1. The highest BCUT2D eigenvalue weighted by atomic mass is 32.2. The van der Waals surface area contributed by atoms with Crippen LogP contribution in [0.5, 0.6) is 5.75 Å². The number of nitrogens with zero attached hydrogens (tertiary/aromatic N) is 1. The number of ether oxygens (including phenoxy) is 1. The summed E-state index contributed by atoms with van der Waals surface area (Å²) in [6.45, 7) is 4.36. The predicted octanol–water partition coefficient (Wildman–Crippen LogP) is 4.59. The van der Waals surface area contributed by atoms with Crippen LogP contribution in [0.25, 0.3) is 0 Å². The van der Waals surface area contributed by atoms with Crippen LogP contribution in [-0.4, -0.2) is 17.1 Å². The summed E-state index contributed by atoms with van der Waals surface area (Å²) >= 11 is 7.45. The second kappa shape index (κ2) is 5.67. The summed E-state index contributed by atoms with van der Waals surface area (Å²) in [5.41, 5.74) is 1.73. The first kappa shape index (κ1) is 15.8. The van der Waals surface area contributed by atoms with E-state index in [0.29, 0.717) is 5.11 Å². The molecule has 24 heavy (non-hydrogen) atoms. The molecule has 3 nitrogen and oxygen atoms in total. The SMILES string of the molecule is CSc1cccc(N2C(=S)N[C@H]3c4ccccc4O[C@@]2(C)[C@@H]3C)c1. The van der Waals surface area contributed by atoms with Crippen molar-refractivity contribution in [3.63, 3.8) is 0 Å². The number of rotatable bonds is 2. The van der Waals surface area contributed by atoms with Crippen molar-refractivity contribution >= 4 is 34.8 Å². The van der Waals surface area contributed by atoms with Crippen LogP contribution in [0.1, 0.15) is 25.5 Å². The molecule has 5 heteroatoms. The summed E-state index contributed by atoms with van der Waals surface area (Å²) in [6, 6.07) is 16.8. The van der Waals surface area contributed by atoms with Gasteiger partial charge in [-0.2, -0.15) is 0 Å². The lowest BCUT2D eigenvalue weighted by Crippen LogP contribution is -2.69. The maximum absolute atomic E-state index is 6.51. The van der Waals surface area contributed by atoms with Gasteiger partial charge < -0.3 is 10.1 Å². The van der Waals surface area contributed by atoms with Gasteiger partial charge in [0.2, 0.25) is 0 Å². The first-order chi connectivity index (χ1) is 11.5. The summed E-state index contributed by atoms with van der Waals surface area (Å²) in [6.07, 6.45) is 2.08. The van der Waals surface area contributed by atoms with Crippen LogP contribution in [0.3, 0.4) is 0 Å². The van der Waals surface area contributed by atoms with Gasteiger partial charge in [0.1, 0.15) is 5.75 Å². The Morgan fingerprint density at radius 2 is 2.00 bits per heavy atom. The Kier molecular flexibility index (Phi) is 3.73. The van der Waals surface area contributed by atoms with E-state index in [1.807, 2.05) is 12.1 Å². The fraction of sp³-hybridized carbons (Fsp3) is 0.316. The van der Waals surface area contributed by atoms with Crippen LogP contribution >= 0.6 is 24.0 Å². The van der Waals surface area contributed by atoms with Gasteiger partial charge in [0.05, 0.1) is 6.04 Å². The molecule has 1 fully saturated rings. The molecule has 0 aliphatic carbocycles. The van der Waals surface area contributed by atoms with E-state index in [0.717, 1.165) is 11.4 Å². The van der Waals surface area contributed by atoms with Gasteiger partial charge in [0.15, 0.2) is 10.8 Å². The van der Waals surface area contributed by atoms with Crippen molar-refractivity contribution in [3.8, 4) is 5.75 Å². The standard InChI is InChI=1S/C19H20N2OS2/c1-12-17-15-9-4-5-10-16(15)22-19(12,2)21(18(23)20-17)13-7-6-8-14(11-13)24-3/h4-12,17H,1-3H3,(H,20,23)/t12-,17-,19+/m1/s1. The van der Waals surface area contributed by atoms with Crippen molar-refractivity contribution in [2.45, 2.75) is 30.5 Å². The molecular weight excluding hydrogens is 336 g/mol. The molecule has 1 N–H and O–H groups in total. The van der Waals surface area contributed by atoms with Crippen LogP contribution in [0.4, 0.5) is 5.69 Å². The van der Waals surface area contributed by atoms with E-state index in [4.69, 9.17) is 17.0 Å². The average molecular weight is 357 g/mol. The highest BCUT2D eigenvalue weighted by Crippen LogP contribution is 2.49. The second-order valence-corrected chi connectivity index (χ2v) is 7.71. The summed E-state index contributed by atoms with van der Waals surface area (Å²) in [4.78, 5) is 3.34. The van der Waals surface area contributed by atoms with Crippen LogP contribution in [-0.2, 0) is 0 Å². The molecule has 3 atom stereocenters. The van der Waals surface area contributed by atoms with Gasteiger partial charge in [-0.3, -0.25) is 4.90 Å². The Bertz CT molecular complexity index is 809. The van der Waals surface area contributed by atoms with E-state index in [1.165, 1.54) is 10.5 Å². The molecule has 0 aromatic heterocycles. The normalized spacial score (nSPS) is 28.0. The van der Waals surface area contributed by atoms with Crippen LogP contribution in [0.15, 0.2) is 53.4 Å². The molecule has 4 rings (SSSR count). The van der Waals surface area contributed by atoms with Gasteiger partial charge >= 0.3 is 0 Å². The first-order valence-corrected chi connectivity index (χ1v) is 9.70. The third-order valence-corrected chi connectivity index (χ3v) is 6.18. The van der Waals surface area contributed by atoms with Crippen molar-refractivity contribution in [2.75, 3.05) is 11.2 Å². The van der Waals surface area contributed by atoms with Gasteiger partial charge in [-0.25, -0.2) is 0 Å². The predicted molar refractivity (Wildman–Crippen MR) is 104 cm³/mol. The van der Waals surface area contributed by atoms with E-state index in [9.17, 15) is 0 Å². The minimum absolute atomic E-state index is 0.174. The first-order valence-electron chi connectivity index (χ1n) is 8.07. The van der Waals surface area contributed by atoms with Gasteiger partial charge in [-0.05, 0) is 49.7 Å².